The van der Waals surface area contributed by atoms with Gasteiger partial charge in [-0.05, 0) is 0 Å². The first kappa shape index (κ1) is 14.7. The van der Waals surface area contributed by atoms with Crippen molar-refractivity contribution in [1.29, 1.82) is 0 Å². The Morgan fingerprint density at radius 2 is 2.00 bits per heavy atom. The highest BCUT2D eigenvalue weighted by Crippen LogP contribution is 2.35. The number of rotatable bonds is 4. The molecule has 0 amide bonds. The average Bonchev–Trinajstić information content (AvgIpc) is 2.24. The monoisotopic (exact) mass is 291 g/mol. The minimum atomic E-state index is -4.98. The lowest BCUT2D eigenvalue weighted by Gasteiger charge is -2.14. The molecule has 0 aliphatic rings. The number of hydrogen-bond donors (Lipinski definition) is 0. The van der Waals surface area contributed by atoms with Crippen molar-refractivity contribution in [2.24, 2.45) is 0 Å². The highest BCUT2D eigenvalue weighted by Gasteiger charge is 2.33. The Kier molecular flexibility index (Phi) is 4.55. The molecule has 0 bridgehead atoms. The van der Waals surface area contributed by atoms with E-state index in [1.807, 2.05) is 0 Å². The van der Waals surface area contributed by atoms with E-state index in [1.165, 1.54) is 0 Å². The van der Waals surface area contributed by atoms with E-state index < -0.39 is 41.6 Å². The van der Waals surface area contributed by atoms with Gasteiger partial charge in [0.2, 0.25) is 5.88 Å². The molecule has 0 atom stereocenters. The maximum absolute atomic E-state index is 12.7. The van der Waals surface area contributed by atoms with Crippen molar-refractivity contribution in [3.05, 3.63) is 17.3 Å². The van der Waals surface area contributed by atoms with Crippen LogP contribution in [0.3, 0.4) is 0 Å². The molecule has 0 saturated carbocycles. The fourth-order valence-electron chi connectivity index (χ4n) is 1.23. The van der Waals surface area contributed by atoms with Gasteiger partial charge in [-0.15, -0.1) is 24.8 Å². The Morgan fingerprint density at radius 3 is 2.39 bits per heavy atom. The minimum absolute atomic E-state index is 0.426. The van der Waals surface area contributed by atoms with Gasteiger partial charge in [-0.3, -0.25) is 0 Å². The van der Waals surface area contributed by atoms with Gasteiger partial charge in [0.05, 0.1) is 24.2 Å². The van der Waals surface area contributed by atoms with Crippen LogP contribution in [0.5, 0.6) is 11.6 Å². The van der Waals surface area contributed by atoms with Crippen LogP contribution in [-0.4, -0.2) is 18.5 Å². The lowest BCUT2D eigenvalue weighted by molar-refractivity contribution is -0.276. The summed E-state index contributed by atoms with van der Waals surface area (Å²) in [7, 11) is 1.04. The summed E-state index contributed by atoms with van der Waals surface area (Å²) in [6.07, 6.45) is -7.95. The summed E-state index contributed by atoms with van der Waals surface area (Å²) in [6.45, 7) is 0. The number of hydrogen-bond acceptors (Lipinski definition) is 3. The lowest BCUT2D eigenvalue weighted by atomic mass is 10.2. The van der Waals surface area contributed by atoms with Crippen LogP contribution < -0.4 is 9.47 Å². The Hall–Kier alpha value is -1.31. The molecule has 1 aromatic rings. The number of alkyl halides is 6. The topological polar surface area (TPSA) is 31.4 Å². The van der Waals surface area contributed by atoms with Gasteiger partial charge in [0.15, 0.2) is 0 Å². The smallest absolute Gasteiger partial charge is 0.496 e. The highest BCUT2D eigenvalue weighted by atomic mass is 35.5. The van der Waals surface area contributed by atoms with Crippen LogP contribution in [0.15, 0.2) is 6.07 Å². The molecule has 0 unspecified atom stereocenters. The number of nitrogens with zero attached hydrogens (tertiary/aromatic N) is 1. The maximum Gasteiger partial charge on any atom is 0.574 e. The van der Waals surface area contributed by atoms with Crippen LogP contribution in [0.2, 0.25) is 0 Å². The van der Waals surface area contributed by atoms with Crippen LogP contribution in [0.1, 0.15) is 17.7 Å². The molecule has 102 valence electrons. The van der Waals surface area contributed by atoms with Gasteiger partial charge in [-0.25, -0.2) is 13.8 Å². The van der Waals surface area contributed by atoms with Crippen molar-refractivity contribution < 1.29 is 31.4 Å². The standard InChI is InChI=1S/C9H7ClF5NO2/c1-17-5-2-6(18-9(13,14)15)16-4(3-10)7(5)8(11)12/h2,8H,3H2,1H3. The molecule has 0 aliphatic carbocycles. The summed E-state index contributed by atoms with van der Waals surface area (Å²) < 4.78 is 69.4. The molecule has 0 spiro atoms. The van der Waals surface area contributed by atoms with E-state index in [4.69, 9.17) is 11.6 Å². The van der Waals surface area contributed by atoms with Crippen LogP contribution in [0, 0.1) is 0 Å². The number of pyridine rings is 1. The average molecular weight is 292 g/mol. The van der Waals surface area contributed by atoms with Crippen LogP contribution >= 0.6 is 11.6 Å². The highest BCUT2D eigenvalue weighted by molar-refractivity contribution is 6.17. The molecule has 0 radical (unpaired) electrons. The fraction of sp³-hybridized carbons (Fsp3) is 0.444. The summed E-state index contributed by atoms with van der Waals surface area (Å²) in [4.78, 5) is 3.27. The van der Waals surface area contributed by atoms with Crippen molar-refractivity contribution in [1.82, 2.24) is 4.98 Å². The fourth-order valence-corrected chi connectivity index (χ4v) is 1.44. The predicted octanol–water partition coefficient (Wildman–Crippen LogP) is 3.67. The zero-order chi connectivity index (χ0) is 13.9. The third kappa shape index (κ3) is 3.59. The van der Waals surface area contributed by atoms with Crippen LogP contribution in [-0.2, 0) is 5.88 Å². The second kappa shape index (κ2) is 5.55. The van der Waals surface area contributed by atoms with E-state index in [0.29, 0.717) is 6.07 Å². The SMILES string of the molecule is COc1cc(OC(F)(F)F)nc(CCl)c1C(F)F. The summed E-state index contributed by atoms with van der Waals surface area (Å²) in [5.74, 6) is -1.86. The van der Waals surface area contributed by atoms with Gasteiger partial charge in [0.25, 0.3) is 6.43 Å². The van der Waals surface area contributed by atoms with E-state index in [-0.39, 0.29) is 0 Å². The molecule has 3 nitrogen and oxygen atoms in total. The van der Waals surface area contributed by atoms with Crippen molar-refractivity contribution in [2.75, 3.05) is 7.11 Å². The quantitative estimate of drug-likeness (QED) is 0.626. The second-order valence-electron chi connectivity index (χ2n) is 3.01. The Morgan fingerprint density at radius 1 is 1.39 bits per heavy atom. The van der Waals surface area contributed by atoms with E-state index in [1.54, 1.807) is 0 Å². The number of halogens is 6. The molecule has 0 N–H and O–H groups in total. The zero-order valence-corrected chi connectivity index (χ0v) is 9.65. The number of methoxy groups -OCH3 is 1. The first-order valence-corrected chi connectivity index (χ1v) is 4.99. The van der Waals surface area contributed by atoms with Crippen molar-refractivity contribution in [3.8, 4) is 11.6 Å². The molecule has 0 fully saturated rings. The normalized spacial score (nSPS) is 11.8. The Balaban J connectivity index is 3.26. The molecule has 9 heteroatoms. The maximum atomic E-state index is 12.7. The molecular weight excluding hydrogens is 285 g/mol. The zero-order valence-electron chi connectivity index (χ0n) is 8.89. The van der Waals surface area contributed by atoms with Gasteiger partial charge >= 0.3 is 6.36 Å². The van der Waals surface area contributed by atoms with Gasteiger partial charge in [0, 0.05) is 6.07 Å². The first-order valence-electron chi connectivity index (χ1n) is 4.46. The van der Waals surface area contributed by atoms with Gasteiger partial charge in [0.1, 0.15) is 5.75 Å². The molecular formula is C9H7ClF5NO2. The minimum Gasteiger partial charge on any atom is -0.496 e. The lowest BCUT2D eigenvalue weighted by Crippen LogP contribution is -2.18. The van der Waals surface area contributed by atoms with Crippen LogP contribution in [0.4, 0.5) is 22.0 Å². The summed E-state index contributed by atoms with van der Waals surface area (Å²) in [5, 5.41) is 0. The van der Waals surface area contributed by atoms with Crippen molar-refractivity contribution >= 4 is 11.6 Å². The summed E-state index contributed by atoms with van der Waals surface area (Å²) >= 11 is 5.36. The van der Waals surface area contributed by atoms with Gasteiger partial charge in [-0.1, -0.05) is 0 Å². The first-order chi connectivity index (χ1) is 8.28. The molecule has 18 heavy (non-hydrogen) atoms. The molecule has 1 rings (SSSR count). The number of aromatic nitrogens is 1. The van der Waals surface area contributed by atoms with E-state index in [9.17, 15) is 22.0 Å². The largest absolute Gasteiger partial charge is 0.574 e. The number of ether oxygens (including phenoxy) is 2. The van der Waals surface area contributed by atoms with Crippen molar-refractivity contribution in [2.45, 2.75) is 18.7 Å². The third-order valence-electron chi connectivity index (χ3n) is 1.86. The van der Waals surface area contributed by atoms with E-state index in [2.05, 4.69) is 14.5 Å². The molecule has 0 aromatic carbocycles. The Labute approximate surface area is 103 Å². The molecule has 1 heterocycles. The Bertz CT molecular complexity index is 399. The van der Waals surface area contributed by atoms with Gasteiger partial charge in [-0.2, -0.15) is 0 Å². The third-order valence-corrected chi connectivity index (χ3v) is 2.11. The van der Waals surface area contributed by atoms with Crippen molar-refractivity contribution in [3.63, 3.8) is 0 Å². The molecule has 0 saturated heterocycles. The second-order valence-corrected chi connectivity index (χ2v) is 3.27. The van der Waals surface area contributed by atoms with E-state index in [0.717, 1.165) is 7.11 Å². The van der Waals surface area contributed by atoms with Gasteiger partial charge < -0.3 is 9.47 Å². The summed E-state index contributed by atoms with van der Waals surface area (Å²) in [5.41, 5.74) is -1.08. The predicted molar refractivity (Wildman–Crippen MR) is 52.0 cm³/mol. The van der Waals surface area contributed by atoms with Crippen LogP contribution in [0.25, 0.3) is 0 Å². The molecule has 1 aromatic heterocycles. The van der Waals surface area contributed by atoms with E-state index >= 15 is 0 Å². The summed E-state index contributed by atoms with van der Waals surface area (Å²) in [6, 6.07) is 0.630. The molecule has 0 aliphatic heterocycles.